The molecule has 0 bridgehead atoms. The zero-order valence-corrected chi connectivity index (χ0v) is 11.1. The predicted octanol–water partition coefficient (Wildman–Crippen LogP) is 2.39. The second kappa shape index (κ2) is 5.98. The minimum absolute atomic E-state index is 0.299. The molecule has 0 N–H and O–H groups in total. The van der Waals surface area contributed by atoms with E-state index in [1.165, 1.54) is 0 Å². The molecule has 1 saturated heterocycles. The number of piperidine rings is 1. The number of anilines is 1. The van der Waals surface area contributed by atoms with Crippen LogP contribution in [-0.2, 0) is 4.79 Å². The molecule has 18 heavy (non-hydrogen) atoms. The molecule has 2 heterocycles. The van der Waals surface area contributed by atoms with Crippen molar-refractivity contribution in [1.29, 1.82) is 0 Å². The predicted molar refractivity (Wildman–Crippen MR) is 68.6 cm³/mol. The summed E-state index contributed by atoms with van der Waals surface area (Å²) in [5.74, 6) is 1.74. The summed E-state index contributed by atoms with van der Waals surface area (Å²) in [4.78, 5) is 16.9. The molecule has 0 spiro atoms. The maximum absolute atomic E-state index is 10.4. The summed E-state index contributed by atoms with van der Waals surface area (Å²) in [5.41, 5.74) is 0. The molecule has 1 aromatic heterocycles. The van der Waals surface area contributed by atoms with Crippen molar-refractivity contribution in [1.82, 2.24) is 10.1 Å². The van der Waals surface area contributed by atoms with Crippen LogP contribution in [0.4, 0.5) is 6.01 Å². The molecule has 5 nitrogen and oxygen atoms in total. The normalized spacial score (nSPS) is 17.4. The molecule has 0 unspecified atom stereocenters. The van der Waals surface area contributed by atoms with Crippen molar-refractivity contribution in [2.45, 2.75) is 45.4 Å². The number of carbonyl (C=O) groups excluding carboxylic acids is 1. The van der Waals surface area contributed by atoms with Gasteiger partial charge in [-0.3, -0.25) is 0 Å². The maximum Gasteiger partial charge on any atom is 0.324 e. The summed E-state index contributed by atoms with van der Waals surface area (Å²) in [6.07, 6.45) is 4.92. The molecule has 0 atom stereocenters. The first-order chi connectivity index (χ1) is 8.70. The van der Waals surface area contributed by atoms with Crippen molar-refractivity contribution in [3.63, 3.8) is 0 Å². The largest absolute Gasteiger partial charge is 0.324 e. The molecule has 100 valence electrons. The SMILES string of the molecule is CC(C)c1noc(N2CCC(CCC=O)CC2)n1. The van der Waals surface area contributed by atoms with E-state index in [0.29, 0.717) is 24.3 Å². The van der Waals surface area contributed by atoms with E-state index in [1.807, 2.05) is 0 Å². The lowest BCUT2D eigenvalue weighted by molar-refractivity contribution is -0.108. The first-order valence-electron chi connectivity index (χ1n) is 6.73. The third-order valence-corrected chi connectivity index (χ3v) is 3.53. The Kier molecular flexibility index (Phi) is 4.33. The first-order valence-corrected chi connectivity index (χ1v) is 6.73. The summed E-state index contributed by atoms with van der Waals surface area (Å²) < 4.78 is 5.29. The molecule has 1 aliphatic rings. The molecule has 0 aromatic carbocycles. The van der Waals surface area contributed by atoms with Gasteiger partial charge in [-0.25, -0.2) is 0 Å². The van der Waals surface area contributed by atoms with E-state index >= 15 is 0 Å². The van der Waals surface area contributed by atoms with Gasteiger partial charge in [-0.2, -0.15) is 4.98 Å². The summed E-state index contributed by atoms with van der Waals surface area (Å²) >= 11 is 0. The van der Waals surface area contributed by atoms with Crippen molar-refractivity contribution in [2.24, 2.45) is 5.92 Å². The Balaban J connectivity index is 1.86. The molecule has 0 amide bonds. The van der Waals surface area contributed by atoms with Gasteiger partial charge in [-0.05, 0) is 25.2 Å². The van der Waals surface area contributed by atoms with Crippen LogP contribution >= 0.6 is 0 Å². The lowest BCUT2D eigenvalue weighted by atomic mass is 9.93. The Hall–Kier alpha value is -1.39. The van der Waals surface area contributed by atoms with E-state index in [4.69, 9.17) is 4.52 Å². The van der Waals surface area contributed by atoms with E-state index in [0.717, 1.165) is 44.5 Å². The fourth-order valence-electron chi connectivity index (χ4n) is 2.31. The number of hydrogen-bond donors (Lipinski definition) is 0. The van der Waals surface area contributed by atoms with Gasteiger partial charge in [0.1, 0.15) is 6.29 Å². The van der Waals surface area contributed by atoms with Gasteiger partial charge in [0.15, 0.2) is 5.82 Å². The second-order valence-corrected chi connectivity index (χ2v) is 5.26. The molecule has 0 radical (unpaired) electrons. The number of hydrogen-bond acceptors (Lipinski definition) is 5. The molecule has 5 heteroatoms. The third kappa shape index (κ3) is 3.09. The zero-order valence-electron chi connectivity index (χ0n) is 11.1. The standard InChI is InChI=1S/C13H21N3O2/c1-10(2)12-14-13(18-15-12)16-7-5-11(6-8-16)4-3-9-17/h9-11H,3-8H2,1-2H3. The highest BCUT2D eigenvalue weighted by Crippen LogP contribution is 2.25. The van der Waals surface area contributed by atoms with Crippen molar-refractivity contribution < 1.29 is 9.32 Å². The quantitative estimate of drug-likeness (QED) is 0.752. The van der Waals surface area contributed by atoms with Gasteiger partial charge >= 0.3 is 6.01 Å². The highest BCUT2D eigenvalue weighted by atomic mass is 16.5. The molecule has 1 aliphatic heterocycles. The molecule has 0 saturated carbocycles. The molecule has 2 rings (SSSR count). The van der Waals surface area contributed by atoms with E-state index < -0.39 is 0 Å². The van der Waals surface area contributed by atoms with E-state index in [-0.39, 0.29) is 0 Å². The van der Waals surface area contributed by atoms with Crippen molar-refractivity contribution in [3.05, 3.63) is 5.82 Å². The highest BCUT2D eigenvalue weighted by Gasteiger charge is 2.23. The average Bonchev–Trinajstić information content (AvgIpc) is 2.87. The van der Waals surface area contributed by atoms with Crippen LogP contribution in [0, 0.1) is 5.92 Å². The van der Waals surface area contributed by atoms with Crippen molar-refractivity contribution >= 4 is 12.3 Å². The highest BCUT2D eigenvalue weighted by molar-refractivity contribution is 5.49. The summed E-state index contributed by atoms with van der Waals surface area (Å²) in [6, 6.07) is 0.646. The zero-order chi connectivity index (χ0) is 13.0. The Bertz CT molecular complexity index is 381. The van der Waals surface area contributed by atoms with Gasteiger partial charge in [0, 0.05) is 25.4 Å². The Morgan fingerprint density at radius 3 is 2.72 bits per heavy atom. The third-order valence-electron chi connectivity index (χ3n) is 3.53. The van der Waals surface area contributed by atoms with Crippen LogP contribution in [0.25, 0.3) is 0 Å². The van der Waals surface area contributed by atoms with Gasteiger partial charge in [-0.15, -0.1) is 0 Å². The monoisotopic (exact) mass is 251 g/mol. The second-order valence-electron chi connectivity index (χ2n) is 5.26. The Morgan fingerprint density at radius 2 is 2.17 bits per heavy atom. The average molecular weight is 251 g/mol. The lowest BCUT2D eigenvalue weighted by Crippen LogP contribution is -2.33. The van der Waals surface area contributed by atoms with E-state index in [9.17, 15) is 4.79 Å². The minimum atomic E-state index is 0.299. The minimum Gasteiger partial charge on any atom is -0.324 e. The van der Waals surface area contributed by atoms with Crippen LogP contribution in [0.3, 0.4) is 0 Å². The number of aldehydes is 1. The molecule has 1 aromatic rings. The number of nitrogens with zero attached hydrogens (tertiary/aromatic N) is 3. The van der Waals surface area contributed by atoms with Crippen molar-refractivity contribution in [3.8, 4) is 0 Å². The van der Waals surface area contributed by atoms with E-state index in [1.54, 1.807) is 0 Å². The summed E-state index contributed by atoms with van der Waals surface area (Å²) in [7, 11) is 0. The van der Waals surface area contributed by atoms with Gasteiger partial charge in [-0.1, -0.05) is 19.0 Å². The van der Waals surface area contributed by atoms with Gasteiger partial charge in [0.2, 0.25) is 0 Å². The number of rotatable bonds is 5. The van der Waals surface area contributed by atoms with Crippen molar-refractivity contribution in [2.75, 3.05) is 18.0 Å². The van der Waals surface area contributed by atoms with E-state index in [2.05, 4.69) is 28.9 Å². The van der Waals surface area contributed by atoms with Crippen LogP contribution in [0.2, 0.25) is 0 Å². The van der Waals surface area contributed by atoms with Gasteiger partial charge < -0.3 is 14.2 Å². The molecular weight excluding hydrogens is 230 g/mol. The maximum atomic E-state index is 10.4. The molecule has 0 aliphatic carbocycles. The molecule has 1 fully saturated rings. The van der Waals surface area contributed by atoms with Crippen LogP contribution in [0.5, 0.6) is 0 Å². The number of aromatic nitrogens is 2. The first kappa shape index (κ1) is 13.1. The summed E-state index contributed by atoms with van der Waals surface area (Å²) in [6.45, 7) is 6.01. The Morgan fingerprint density at radius 1 is 1.44 bits per heavy atom. The van der Waals surface area contributed by atoms with Crippen LogP contribution in [0.1, 0.15) is 51.3 Å². The van der Waals surface area contributed by atoms with Crippen LogP contribution in [0.15, 0.2) is 4.52 Å². The lowest BCUT2D eigenvalue weighted by Gasteiger charge is -2.30. The topological polar surface area (TPSA) is 59.2 Å². The fourth-order valence-corrected chi connectivity index (χ4v) is 2.31. The Labute approximate surface area is 108 Å². The van der Waals surface area contributed by atoms with Crippen LogP contribution in [-0.4, -0.2) is 29.5 Å². The number of carbonyl (C=O) groups is 1. The smallest absolute Gasteiger partial charge is 0.324 e. The van der Waals surface area contributed by atoms with Gasteiger partial charge in [0.25, 0.3) is 0 Å². The summed E-state index contributed by atoms with van der Waals surface area (Å²) in [5, 5.41) is 3.99. The fraction of sp³-hybridized carbons (Fsp3) is 0.769. The molecular formula is C13H21N3O2. The van der Waals surface area contributed by atoms with Gasteiger partial charge in [0.05, 0.1) is 0 Å². The van der Waals surface area contributed by atoms with Crippen LogP contribution < -0.4 is 4.90 Å².